The van der Waals surface area contributed by atoms with Gasteiger partial charge in [0.25, 0.3) is 0 Å². The second kappa shape index (κ2) is 10.8. The maximum Gasteiger partial charge on any atom is 0.222 e. The van der Waals surface area contributed by atoms with Crippen molar-refractivity contribution in [3.8, 4) is 6.07 Å². The fourth-order valence-corrected chi connectivity index (χ4v) is 2.22. The Kier molecular flexibility index (Phi) is 10.2. The first-order valence-electron chi connectivity index (χ1n) is 7.39. The highest BCUT2D eigenvalue weighted by Crippen LogP contribution is 2.16. The quantitative estimate of drug-likeness (QED) is 0.661. The number of amides is 1. The van der Waals surface area contributed by atoms with Crippen LogP contribution in [0.4, 0.5) is 0 Å². The fraction of sp³-hybridized carbons (Fsp3) is 0.867. The second-order valence-corrected chi connectivity index (χ2v) is 5.53. The first-order valence-corrected chi connectivity index (χ1v) is 7.39. The molecule has 0 fully saturated rings. The van der Waals surface area contributed by atoms with E-state index in [2.05, 4.69) is 26.8 Å². The Hall–Kier alpha value is -1.08. The van der Waals surface area contributed by atoms with Crippen LogP contribution in [0.15, 0.2) is 0 Å². The van der Waals surface area contributed by atoms with Gasteiger partial charge in [0.05, 0.1) is 12.5 Å². The highest BCUT2D eigenvalue weighted by atomic mass is 16.2. The fourth-order valence-electron chi connectivity index (χ4n) is 2.22. The summed E-state index contributed by atoms with van der Waals surface area (Å²) in [6.07, 6.45) is 3.97. The molecule has 0 saturated carbocycles. The lowest BCUT2D eigenvalue weighted by Gasteiger charge is -2.24. The van der Waals surface area contributed by atoms with Crippen LogP contribution in [0.3, 0.4) is 0 Å². The third kappa shape index (κ3) is 8.61. The normalized spacial score (nSPS) is 12.2. The van der Waals surface area contributed by atoms with Gasteiger partial charge in [-0.05, 0) is 31.2 Å². The summed E-state index contributed by atoms with van der Waals surface area (Å²) in [5.74, 6) is 1.17. The molecule has 1 atom stereocenters. The average molecular weight is 267 g/mol. The van der Waals surface area contributed by atoms with E-state index in [0.29, 0.717) is 37.8 Å². The molecule has 0 saturated heterocycles. The molecule has 0 aliphatic heterocycles. The molecule has 0 heterocycles. The molecular weight excluding hydrogens is 238 g/mol. The summed E-state index contributed by atoms with van der Waals surface area (Å²) >= 11 is 0. The number of hydrogen-bond acceptors (Lipinski definition) is 3. The van der Waals surface area contributed by atoms with Gasteiger partial charge in [-0.25, -0.2) is 0 Å². The van der Waals surface area contributed by atoms with E-state index >= 15 is 0 Å². The summed E-state index contributed by atoms with van der Waals surface area (Å²) in [4.78, 5) is 14.0. The Morgan fingerprint density at radius 2 is 2.05 bits per heavy atom. The van der Waals surface area contributed by atoms with E-state index < -0.39 is 0 Å². The van der Waals surface area contributed by atoms with Gasteiger partial charge in [-0.15, -0.1) is 0 Å². The monoisotopic (exact) mass is 267 g/mol. The molecule has 1 unspecified atom stereocenters. The van der Waals surface area contributed by atoms with Crippen LogP contribution in [-0.2, 0) is 4.79 Å². The van der Waals surface area contributed by atoms with Crippen LogP contribution in [0.2, 0.25) is 0 Å². The molecule has 2 N–H and O–H groups in total. The summed E-state index contributed by atoms with van der Waals surface area (Å²) in [5, 5.41) is 8.66. The van der Waals surface area contributed by atoms with E-state index in [4.69, 9.17) is 11.0 Å². The molecule has 0 bridgehead atoms. The van der Waals surface area contributed by atoms with Gasteiger partial charge in [0.2, 0.25) is 5.91 Å². The lowest BCUT2D eigenvalue weighted by molar-refractivity contribution is -0.132. The van der Waals surface area contributed by atoms with Gasteiger partial charge < -0.3 is 10.6 Å². The zero-order valence-electron chi connectivity index (χ0n) is 12.7. The number of nitrogens with two attached hydrogens (primary N) is 1. The van der Waals surface area contributed by atoms with E-state index in [1.54, 1.807) is 0 Å². The van der Waals surface area contributed by atoms with Crippen LogP contribution in [0.25, 0.3) is 0 Å². The maximum atomic E-state index is 12.2. The minimum atomic E-state index is 0.180. The van der Waals surface area contributed by atoms with Gasteiger partial charge in [-0.3, -0.25) is 4.79 Å². The van der Waals surface area contributed by atoms with Crippen molar-refractivity contribution in [1.82, 2.24) is 4.90 Å². The molecule has 0 radical (unpaired) electrons. The number of hydrogen-bond donors (Lipinski definition) is 1. The van der Waals surface area contributed by atoms with Crippen molar-refractivity contribution in [2.45, 2.75) is 52.9 Å². The molecular formula is C15H29N3O. The number of nitrogens with zero attached hydrogens (tertiary/aromatic N) is 2. The lowest BCUT2D eigenvalue weighted by Crippen LogP contribution is -2.35. The third-order valence-electron chi connectivity index (χ3n) is 3.35. The van der Waals surface area contributed by atoms with Crippen LogP contribution in [-0.4, -0.2) is 30.4 Å². The molecule has 0 rings (SSSR count). The molecule has 0 aromatic carbocycles. The first-order chi connectivity index (χ1) is 9.04. The van der Waals surface area contributed by atoms with E-state index in [1.807, 2.05) is 4.90 Å². The van der Waals surface area contributed by atoms with Crippen molar-refractivity contribution in [3.63, 3.8) is 0 Å². The molecule has 110 valence electrons. The van der Waals surface area contributed by atoms with Crippen LogP contribution >= 0.6 is 0 Å². The molecule has 0 aromatic rings. The Labute approximate surface area is 118 Å². The van der Waals surface area contributed by atoms with Crippen LogP contribution in [0, 0.1) is 23.2 Å². The molecule has 0 aliphatic rings. The molecule has 19 heavy (non-hydrogen) atoms. The van der Waals surface area contributed by atoms with Crippen molar-refractivity contribution in [1.29, 1.82) is 5.26 Å². The average Bonchev–Trinajstić information content (AvgIpc) is 2.38. The molecule has 0 aliphatic carbocycles. The molecule has 4 heteroatoms. The maximum absolute atomic E-state index is 12.2. The van der Waals surface area contributed by atoms with Gasteiger partial charge in [0.15, 0.2) is 0 Å². The molecule has 1 amide bonds. The smallest absolute Gasteiger partial charge is 0.222 e. The predicted molar refractivity (Wildman–Crippen MR) is 78.3 cm³/mol. The topological polar surface area (TPSA) is 70.1 Å². The van der Waals surface area contributed by atoms with Gasteiger partial charge in [-0.2, -0.15) is 5.26 Å². The number of carbonyl (C=O) groups excluding carboxylic acids is 1. The standard InChI is InChI=1S/C15H29N3O/c1-4-14(8-10-17)6-7-15(19)18(11-5-9-16)12-13(2)3/h13-14H,4-8,10-12,17H2,1-3H3. The Bertz CT molecular complexity index is 284. The van der Waals surface area contributed by atoms with E-state index in [-0.39, 0.29) is 5.91 Å². The third-order valence-corrected chi connectivity index (χ3v) is 3.35. The van der Waals surface area contributed by atoms with Crippen LogP contribution in [0.5, 0.6) is 0 Å². The van der Waals surface area contributed by atoms with Crippen molar-refractivity contribution < 1.29 is 4.79 Å². The number of rotatable bonds is 10. The zero-order valence-corrected chi connectivity index (χ0v) is 12.7. The van der Waals surface area contributed by atoms with Crippen LogP contribution in [0.1, 0.15) is 52.9 Å². The lowest BCUT2D eigenvalue weighted by atomic mass is 9.96. The molecule has 0 spiro atoms. The van der Waals surface area contributed by atoms with Crippen molar-refractivity contribution in [2.75, 3.05) is 19.6 Å². The first kappa shape index (κ1) is 17.9. The predicted octanol–water partition coefficient (Wildman–Crippen LogP) is 2.54. The van der Waals surface area contributed by atoms with Gasteiger partial charge in [0, 0.05) is 19.5 Å². The molecule has 0 aromatic heterocycles. The SMILES string of the molecule is CCC(CCN)CCC(=O)N(CCC#N)CC(C)C. The van der Waals surface area contributed by atoms with E-state index in [0.717, 1.165) is 25.8 Å². The second-order valence-electron chi connectivity index (χ2n) is 5.53. The zero-order chi connectivity index (χ0) is 14.7. The van der Waals surface area contributed by atoms with Gasteiger partial charge in [-0.1, -0.05) is 27.2 Å². The van der Waals surface area contributed by atoms with Crippen molar-refractivity contribution in [3.05, 3.63) is 0 Å². The van der Waals surface area contributed by atoms with Gasteiger partial charge >= 0.3 is 0 Å². The van der Waals surface area contributed by atoms with E-state index in [9.17, 15) is 4.79 Å². The highest BCUT2D eigenvalue weighted by Gasteiger charge is 2.16. The minimum absolute atomic E-state index is 0.180. The minimum Gasteiger partial charge on any atom is -0.341 e. The highest BCUT2D eigenvalue weighted by molar-refractivity contribution is 5.76. The molecule has 4 nitrogen and oxygen atoms in total. The van der Waals surface area contributed by atoms with E-state index in [1.165, 1.54) is 0 Å². The summed E-state index contributed by atoms with van der Waals surface area (Å²) in [6.45, 7) is 8.32. The summed E-state index contributed by atoms with van der Waals surface area (Å²) in [5.41, 5.74) is 5.57. The van der Waals surface area contributed by atoms with Gasteiger partial charge in [0.1, 0.15) is 0 Å². The largest absolute Gasteiger partial charge is 0.341 e. The Morgan fingerprint density at radius 3 is 2.53 bits per heavy atom. The van der Waals surface area contributed by atoms with Crippen molar-refractivity contribution >= 4 is 5.91 Å². The van der Waals surface area contributed by atoms with Crippen LogP contribution < -0.4 is 5.73 Å². The Balaban J connectivity index is 4.26. The summed E-state index contributed by atoms with van der Waals surface area (Å²) < 4.78 is 0. The number of carbonyl (C=O) groups is 1. The summed E-state index contributed by atoms with van der Waals surface area (Å²) in [6, 6.07) is 2.11. The summed E-state index contributed by atoms with van der Waals surface area (Å²) in [7, 11) is 0. The Morgan fingerprint density at radius 1 is 1.37 bits per heavy atom. The van der Waals surface area contributed by atoms with Crippen molar-refractivity contribution in [2.24, 2.45) is 17.6 Å². The number of nitriles is 1.